The molecule has 1 aromatic rings. The maximum atomic E-state index is 11.4. The molecule has 4 heteroatoms. The number of ketones is 1. The van der Waals surface area contributed by atoms with Gasteiger partial charge in [-0.2, -0.15) is 0 Å². The SMILES string of the molecule is CC(Br)C(=O)c1cc(O)ccc1O. The lowest BCUT2D eigenvalue weighted by atomic mass is 10.1. The van der Waals surface area contributed by atoms with Gasteiger partial charge in [-0.1, -0.05) is 15.9 Å². The van der Waals surface area contributed by atoms with E-state index < -0.39 is 0 Å². The third-order valence-corrected chi connectivity index (χ3v) is 2.02. The molecular formula is C9H9BrO3. The molecule has 1 atom stereocenters. The zero-order chi connectivity index (χ0) is 10.0. The molecule has 0 aromatic heterocycles. The Morgan fingerprint density at radius 1 is 1.46 bits per heavy atom. The van der Waals surface area contributed by atoms with Gasteiger partial charge in [0.1, 0.15) is 11.5 Å². The molecule has 0 aliphatic heterocycles. The second-order valence-corrected chi connectivity index (χ2v) is 4.06. The Kier molecular flexibility index (Phi) is 2.93. The molecule has 0 spiro atoms. The number of hydrogen-bond acceptors (Lipinski definition) is 3. The number of carbonyl (C=O) groups excluding carboxylic acids is 1. The van der Waals surface area contributed by atoms with Crippen molar-refractivity contribution in [3.8, 4) is 11.5 Å². The average Bonchev–Trinajstić information content (AvgIpc) is 2.08. The largest absolute Gasteiger partial charge is 0.508 e. The topological polar surface area (TPSA) is 57.5 Å². The van der Waals surface area contributed by atoms with Crippen molar-refractivity contribution >= 4 is 21.7 Å². The fourth-order valence-corrected chi connectivity index (χ4v) is 1.18. The maximum absolute atomic E-state index is 11.4. The summed E-state index contributed by atoms with van der Waals surface area (Å²) in [5.74, 6) is -0.406. The van der Waals surface area contributed by atoms with E-state index in [-0.39, 0.29) is 27.7 Å². The van der Waals surface area contributed by atoms with Gasteiger partial charge in [0.25, 0.3) is 0 Å². The Morgan fingerprint density at radius 2 is 2.08 bits per heavy atom. The summed E-state index contributed by atoms with van der Waals surface area (Å²) in [5, 5.41) is 18.4. The first-order valence-corrected chi connectivity index (χ1v) is 4.64. The molecule has 0 radical (unpaired) electrons. The van der Waals surface area contributed by atoms with Crippen molar-refractivity contribution in [2.45, 2.75) is 11.8 Å². The molecule has 2 N–H and O–H groups in total. The lowest BCUT2D eigenvalue weighted by Gasteiger charge is -2.05. The lowest BCUT2D eigenvalue weighted by molar-refractivity contribution is 0.0993. The van der Waals surface area contributed by atoms with E-state index in [0.29, 0.717) is 0 Å². The molecule has 0 amide bonds. The predicted octanol–water partition coefficient (Wildman–Crippen LogP) is 2.06. The van der Waals surface area contributed by atoms with Gasteiger partial charge in [0.05, 0.1) is 10.4 Å². The molecule has 13 heavy (non-hydrogen) atoms. The standard InChI is InChI=1S/C9H9BrO3/c1-5(10)9(13)7-4-6(11)2-3-8(7)12/h2-5,11-12H,1H3. The van der Waals surface area contributed by atoms with Crippen LogP contribution in [0.25, 0.3) is 0 Å². The van der Waals surface area contributed by atoms with Crippen LogP contribution in [0, 0.1) is 0 Å². The van der Waals surface area contributed by atoms with Gasteiger partial charge in [0.15, 0.2) is 5.78 Å². The Hall–Kier alpha value is -1.03. The van der Waals surface area contributed by atoms with Crippen LogP contribution in [0.2, 0.25) is 0 Å². The van der Waals surface area contributed by atoms with Gasteiger partial charge >= 0.3 is 0 Å². The molecule has 0 aliphatic carbocycles. The minimum atomic E-state index is -0.375. The van der Waals surface area contributed by atoms with Crippen LogP contribution < -0.4 is 0 Å². The molecule has 1 unspecified atom stereocenters. The molecule has 3 nitrogen and oxygen atoms in total. The minimum Gasteiger partial charge on any atom is -0.508 e. The first kappa shape index (κ1) is 10.1. The third kappa shape index (κ3) is 2.21. The second-order valence-electron chi connectivity index (χ2n) is 2.68. The van der Waals surface area contributed by atoms with Gasteiger partial charge in [-0.25, -0.2) is 0 Å². The first-order valence-electron chi connectivity index (χ1n) is 3.72. The summed E-state index contributed by atoms with van der Waals surface area (Å²) in [7, 11) is 0. The quantitative estimate of drug-likeness (QED) is 0.476. The van der Waals surface area contributed by atoms with E-state index in [9.17, 15) is 9.90 Å². The smallest absolute Gasteiger partial charge is 0.180 e. The number of rotatable bonds is 2. The summed E-state index contributed by atoms with van der Waals surface area (Å²) in [4.78, 5) is 11.0. The Balaban J connectivity index is 3.13. The third-order valence-electron chi connectivity index (χ3n) is 1.61. The highest BCUT2D eigenvalue weighted by molar-refractivity contribution is 9.10. The summed E-state index contributed by atoms with van der Waals surface area (Å²) < 4.78 is 0. The highest BCUT2D eigenvalue weighted by atomic mass is 79.9. The summed E-state index contributed by atoms with van der Waals surface area (Å²) >= 11 is 3.09. The normalized spacial score (nSPS) is 12.5. The van der Waals surface area contributed by atoms with Gasteiger partial charge in [-0.3, -0.25) is 4.79 Å². The van der Waals surface area contributed by atoms with Crippen LogP contribution in [0.4, 0.5) is 0 Å². The number of halogens is 1. The van der Waals surface area contributed by atoms with Crippen LogP contribution in [-0.2, 0) is 0 Å². The van der Waals surface area contributed by atoms with E-state index in [0.717, 1.165) is 0 Å². The van der Waals surface area contributed by atoms with Crippen LogP contribution >= 0.6 is 15.9 Å². The predicted molar refractivity (Wildman–Crippen MR) is 52.5 cm³/mol. The summed E-state index contributed by atoms with van der Waals surface area (Å²) in [5.41, 5.74) is 0.129. The van der Waals surface area contributed by atoms with Crippen LogP contribution in [0.5, 0.6) is 11.5 Å². The van der Waals surface area contributed by atoms with Crippen molar-refractivity contribution < 1.29 is 15.0 Å². The summed E-state index contributed by atoms with van der Waals surface area (Å²) in [6.07, 6.45) is 0. The van der Waals surface area contributed by atoms with Gasteiger partial charge in [0, 0.05) is 0 Å². The number of aromatic hydroxyl groups is 2. The number of carbonyl (C=O) groups is 1. The molecule has 0 fully saturated rings. The van der Waals surface area contributed by atoms with Crippen molar-refractivity contribution in [2.24, 2.45) is 0 Å². The number of alkyl halides is 1. The Labute approximate surface area is 84.1 Å². The van der Waals surface area contributed by atoms with Gasteiger partial charge < -0.3 is 10.2 Å². The number of hydrogen-bond donors (Lipinski definition) is 2. The molecule has 1 aromatic carbocycles. The minimum absolute atomic E-state index is 0.0331. The molecule has 0 bridgehead atoms. The van der Waals surface area contributed by atoms with E-state index in [1.54, 1.807) is 6.92 Å². The number of benzene rings is 1. The fraction of sp³-hybridized carbons (Fsp3) is 0.222. The van der Waals surface area contributed by atoms with E-state index in [2.05, 4.69) is 15.9 Å². The van der Waals surface area contributed by atoms with E-state index in [1.807, 2.05) is 0 Å². The van der Waals surface area contributed by atoms with Crippen molar-refractivity contribution in [2.75, 3.05) is 0 Å². The lowest BCUT2D eigenvalue weighted by Crippen LogP contribution is -2.09. The first-order chi connectivity index (χ1) is 6.02. The zero-order valence-corrected chi connectivity index (χ0v) is 8.58. The maximum Gasteiger partial charge on any atom is 0.180 e. The van der Waals surface area contributed by atoms with Crippen LogP contribution in [0.3, 0.4) is 0 Å². The van der Waals surface area contributed by atoms with Crippen LogP contribution in [-0.4, -0.2) is 20.8 Å². The molecule has 70 valence electrons. The van der Waals surface area contributed by atoms with Gasteiger partial charge in [-0.15, -0.1) is 0 Å². The molecule has 1 rings (SSSR count). The highest BCUT2D eigenvalue weighted by Gasteiger charge is 2.16. The molecule has 0 saturated heterocycles. The molecular weight excluding hydrogens is 236 g/mol. The number of phenolic OH excluding ortho intramolecular Hbond substituents is 2. The fourth-order valence-electron chi connectivity index (χ4n) is 0.936. The molecule has 0 saturated carbocycles. The molecule has 0 aliphatic rings. The van der Waals surface area contributed by atoms with Crippen molar-refractivity contribution in [1.82, 2.24) is 0 Å². The van der Waals surface area contributed by atoms with Crippen LogP contribution in [0.1, 0.15) is 17.3 Å². The van der Waals surface area contributed by atoms with E-state index in [1.165, 1.54) is 18.2 Å². The van der Waals surface area contributed by atoms with E-state index in [4.69, 9.17) is 5.11 Å². The summed E-state index contributed by atoms with van der Waals surface area (Å²) in [6, 6.07) is 3.86. The Bertz CT molecular complexity index is 334. The van der Waals surface area contributed by atoms with Crippen molar-refractivity contribution in [3.05, 3.63) is 23.8 Å². The van der Waals surface area contributed by atoms with E-state index >= 15 is 0 Å². The second kappa shape index (κ2) is 3.79. The monoisotopic (exact) mass is 244 g/mol. The number of phenols is 2. The average molecular weight is 245 g/mol. The van der Waals surface area contributed by atoms with Crippen molar-refractivity contribution in [1.29, 1.82) is 0 Å². The zero-order valence-electron chi connectivity index (χ0n) is 6.99. The van der Waals surface area contributed by atoms with Crippen LogP contribution in [0.15, 0.2) is 18.2 Å². The highest BCUT2D eigenvalue weighted by Crippen LogP contribution is 2.24. The summed E-state index contributed by atoms with van der Waals surface area (Å²) in [6.45, 7) is 1.66. The van der Waals surface area contributed by atoms with Gasteiger partial charge in [0.2, 0.25) is 0 Å². The van der Waals surface area contributed by atoms with Gasteiger partial charge in [-0.05, 0) is 25.1 Å². The molecule has 0 heterocycles. The van der Waals surface area contributed by atoms with Crippen molar-refractivity contribution in [3.63, 3.8) is 0 Å². The number of Topliss-reactive ketones (excluding diaryl/α,β-unsaturated/α-hetero) is 1. The Morgan fingerprint density at radius 3 is 2.62 bits per heavy atom.